The summed E-state index contributed by atoms with van der Waals surface area (Å²) in [4.78, 5) is 0. The molecule has 0 atom stereocenters. The van der Waals surface area contributed by atoms with Crippen LogP contribution in [-0.2, 0) is 11.6 Å². The Morgan fingerprint density at radius 2 is 1.88 bits per heavy atom. The summed E-state index contributed by atoms with van der Waals surface area (Å²) in [5.74, 6) is -0.808. The average Bonchev–Trinajstić information content (AvgIpc) is 2.97. The number of alkyl halides is 3. The maximum atomic E-state index is 13.5. The molecular weight excluding hydrogens is 222 g/mol. The predicted molar refractivity (Wildman–Crippen MR) is 51.4 cm³/mol. The van der Waals surface area contributed by atoms with Crippen molar-refractivity contribution in [3.05, 3.63) is 35.1 Å². The highest BCUT2D eigenvalue weighted by Gasteiger charge is 2.45. The van der Waals surface area contributed by atoms with E-state index < -0.39 is 23.0 Å². The van der Waals surface area contributed by atoms with Gasteiger partial charge in [0.1, 0.15) is 5.82 Å². The Morgan fingerprint density at radius 3 is 2.25 bits per heavy atom. The van der Waals surface area contributed by atoms with Crippen molar-refractivity contribution in [3.63, 3.8) is 0 Å². The van der Waals surface area contributed by atoms with E-state index in [9.17, 15) is 17.6 Å². The fraction of sp³-hybridized carbons (Fsp3) is 0.455. The Hall–Kier alpha value is -1.10. The van der Waals surface area contributed by atoms with Gasteiger partial charge < -0.3 is 5.73 Å². The zero-order valence-corrected chi connectivity index (χ0v) is 8.44. The first-order valence-corrected chi connectivity index (χ1v) is 4.96. The molecule has 0 amide bonds. The zero-order chi connectivity index (χ0) is 12.0. The van der Waals surface area contributed by atoms with Gasteiger partial charge in [-0.3, -0.25) is 0 Å². The minimum atomic E-state index is -4.50. The van der Waals surface area contributed by atoms with E-state index in [2.05, 4.69) is 0 Å². The second-order valence-corrected chi connectivity index (χ2v) is 4.18. The molecule has 1 saturated carbocycles. The maximum absolute atomic E-state index is 13.5. The summed E-state index contributed by atoms with van der Waals surface area (Å²) in [6.07, 6.45) is -3.02. The van der Waals surface area contributed by atoms with Gasteiger partial charge in [0.05, 0.1) is 5.56 Å². The Labute approximate surface area is 90.3 Å². The second-order valence-electron chi connectivity index (χ2n) is 4.18. The van der Waals surface area contributed by atoms with Gasteiger partial charge in [-0.25, -0.2) is 4.39 Å². The van der Waals surface area contributed by atoms with Crippen molar-refractivity contribution < 1.29 is 17.6 Å². The van der Waals surface area contributed by atoms with Crippen LogP contribution in [0, 0.1) is 5.82 Å². The van der Waals surface area contributed by atoms with Crippen LogP contribution in [0.2, 0.25) is 0 Å². The standard InChI is InChI=1S/C11H11F4N/c12-9-5-7(11(13,14)15)1-2-8(9)10(6-16)3-4-10/h1-2,5H,3-4,6,16H2. The molecule has 0 heterocycles. The molecule has 0 aliphatic heterocycles. The van der Waals surface area contributed by atoms with Crippen molar-refractivity contribution in [1.82, 2.24) is 0 Å². The van der Waals surface area contributed by atoms with Crippen molar-refractivity contribution in [2.45, 2.75) is 24.4 Å². The van der Waals surface area contributed by atoms with E-state index >= 15 is 0 Å². The quantitative estimate of drug-likeness (QED) is 0.781. The van der Waals surface area contributed by atoms with Gasteiger partial charge in [0.2, 0.25) is 0 Å². The summed E-state index contributed by atoms with van der Waals surface area (Å²) in [5, 5.41) is 0. The highest BCUT2D eigenvalue weighted by molar-refractivity contribution is 5.36. The van der Waals surface area contributed by atoms with E-state index in [-0.39, 0.29) is 6.54 Å². The SMILES string of the molecule is NCC1(c2ccc(C(F)(F)F)cc2F)CC1. The van der Waals surface area contributed by atoms with E-state index in [0.29, 0.717) is 11.6 Å². The lowest BCUT2D eigenvalue weighted by atomic mass is 9.94. The van der Waals surface area contributed by atoms with Gasteiger partial charge in [-0.2, -0.15) is 13.2 Å². The van der Waals surface area contributed by atoms with Gasteiger partial charge in [0.15, 0.2) is 0 Å². The van der Waals surface area contributed by atoms with Crippen LogP contribution in [0.15, 0.2) is 18.2 Å². The molecule has 0 bridgehead atoms. The first-order valence-electron chi connectivity index (χ1n) is 4.96. The van der Waals surface area contributed by atoms with Crippen molar-refractivity contribution >= 4 is 0 Å². The molecule has 1 aliphatic rings. The molecule has 1 nitrogen and oxygen atoms in total. The number of halogens is 4. The van der Waals surface area contributed by atoms with Crippen molar-refractivity contribution in [3.8, 4) is 0 Å². The van der Waals surface area contributed by atoms with Gasteiger partial charge in [-0.15, -0.1) is 0 Å². The topological polar surface area (TPSA) is 26.0 Å². The van der Waals surface area contributed by atoms with Crippen LogP contribution in [0.25, 0.3) is 0 Å². The minimum absolute atomic E-state index is 0.273. The summed E-state index contributed by atoms with van der Waals surface area (Å²) in [5.41, 5.74) is 4.43. The average molecular weight is 233 g/mol. The fourth-order valence-electron chi connectivity index (χ4n) is 1.86. The monoisotopic (exact) mass is 233 g/mol. The molecule has 1 fully saturated rings. The van der Waals surface area contributed by atoms with Crippen LogP contribution in [0.1, 0.15) is 24.0 Å². The molecule has 1 aliphatic carbocycles. The van der Waals surface area contributed by atoms with Gasteiger partial charge in [0, 0.05) is 12.0 Å². The van der Waals surface area contributed by atoms with Crippen LogP contribution in [0.3, 0.4) is 0 Å². The molecular formula is C11H11F4N. The largest absolute Gasteiger partial charge is 0.416 e. The second kappa shape index (κ2) is 3.45. The summed E-state index contributed by atoms with van der Waals surface area (Å²) in [6, 6.07) is 2.66. The van der Waals surface area contributed by atoms with Gasteiger partial charge in [0.25, 0.3) is 0 Å². The van der Waals surface area contributed by atoms with Gasteiger partial charge in [-0.1, -0.05) is 6.07 Å². The van der Waals surface area contributed by atoms with Crippen molar-refractivity contribution in [2.75, 3.05) is 6.54 Å². The molecule has 16 heavy (non-hydrogen) atoms. The third-order valence-electron chi connectivity index (χ3n) is 3.11. The molecule has 5 heteroatoms. The van der Waals surface area contributed by atoms with E-state index in [4.69, 9.17) is 5.73 Å². The number of nitrogens with two attached hydrogens (primary N) is 1. The molecule has 0 saturated heterocycles. The Kier molecular flexibility index (Phi) is 2.45. The molecule has 0 spiro atoms. The first kappa shape index (κ1) is 11.4. The molecule has 2 N–H and O–H groups in total. The lowest BCUT2D eigenvalue weighted by Crippen LogP contribution is -2.21. The number of hydrogen-bond donors (Lipinski definition) is 1. The van der Waals surface area contributed by atoms with Crippen LogP contribution in [0.4, 0.5) is 17.6 Å². The summed E-state index contributed by atoms with van der Waals surface area (Å²) < 4.78 is 50.5. The lowest BCUT2D eigenvalue weighted by molar-refractivity contribution is -0.137. The minimum Gasteiger partial charge on any atom is -0.330 e. The highest BCUT2D eigenvalue weighted by Crippen LogP contribution is 2.48. The van der Waals surface area contributed by atoms with Gasteiger partial charge >= 0.3 is 6.18 Å². The number of hydrogen-bond acceptors (Lipinski definition) is 1. The van der Waals surface area contributed by atoms with Crippen molar-refractivity contribution in [1.29, 1.82) is 0 Å². The van der Waals surface area contributed by atoms with Crippen LogP contribution in [0.5, 0.6) is 0 Å². The highest BCUT2D eigenvalue weighted by atomic mass is 19.4. The molecule has 0 radical (unpaired) electrons. The van der Waals surface area contributed by atoms with E-state index in [0.717, 1.165) is 18.9 Å². The van der Waals surface area contributed by atoms with Crippen LogP contribution >= 0.6 is 0 Å². The molecule has 1 aromatic carbocycles. The molecule has 1 aromatic rings. The number of rotatable bonds is 2. The molecule has 0 aromatic heterocycles. The third-order valence-corrected chi connectivity index (χ3v) is 3.11. The number of benzene rings is 1. The third kappa shape index (κ3) is 1.80. The summed E-state index contributed by atoms with van der Waals surface area (Å²) in [6.45, 7) is 0.273. The van der Waals surface area contributed by atoms with E-state index in [1.165, 1.54) is 6.07 Å². The Bertz CT molecular complexity index is 407. The first-order chi connectivity index (χ1) is 7.39. The Morgan fingerprint density at radius 1 is 1.25 bits per heavy atom. The predicted octanol–water partition coefficient (Wildman–Crippen LogP) is 2.83. The van der Waals surface area contributed by atoms with Crippen LogP contribution < -0.4 is 5.73 Å². The molecule has 2 rings (SSSR count). The van der Waals surface area contributed by atoms with E-state index in [1.54, 1.807) is 0 Å². The van der Waals surface area contributed by atoms with Crippen LogP contribution in [-0.4, -0.2) is 6.54 Å². The van der Waals surface area contributed by atoms with Crippen molar-refractivity contribution in [2.24, 2.45) is 5.73 Å². The van der Waals surface area contributed by atoms with E-state index in [1.807, 2.05) is 0 Å². The molecule has 88 valence electrons. The summed E-state index contributed by atoms with van der Waals surface area (Å²) >= 11 is 0. The lowest BCUT2D eigenvalue weighted by Gasteiger charge is -2.15. The zero-order valence-electron chi connectivity index (χ0n) is 8.44. The normalized spacial score (nSPS) is 18.6. The fourth-order valence-corrected chi connectivity index (χ4v) is 1.86. The summed E-state index contributed by atoms with van der Waals surface area (Å²) in [7, 11) is 0. The maximum Gasteiger partial charge on any atom is 0.416 e. The molecule has 0 unspecified atom stereocenters. The Balaban J connectivity index is 2.38. The smallest absolute Gasteiger partial charge is 0.330 e. The van der Waals surface area contributed by atoms with Gasteiger partial charge in [-0.05, 0) is 30.5 Å².